The third-order valence-electron chi connectivity index (χ3n) is 3.19. The minimum atomic E-state index is -0.0475. The molecule has 0 radical (unpaired) electrons. The summed E-state index contributed by atoms with van der Waals surface area (Å²) in [5.41, 5.74) is 0.754. The monoisotopic (exact) mass is 339 g/mol. The molecule has 1 heterocycles. The number of amides is 1. The van der Waals surface area contributed by atoms with Crippen molar-refractivity contribution in [3.63, 3.8) is 0 Å². The van der Waals surface area contributed by atoms with Crippen LogP contribution in [0.1, 0.15) is 20.8 Å². The van der Waals surface area contributed by atoms with Gasteiger partial charge in [-0.05, 0) is 31.0 Å². The van der Waals surface area contributed by atoms with E-state index in [1.54, 1.807) is 12.1 Å². The second-order valence-corrected chi connectivity index (χ2v) is 6.64. The number of carbonyl (C=O) groups is 1. The number of nitrogens with zero attached hydrogens (tertiary/aromatic N) is 2. The van der Waals surface area contributed by atoms with Crippen molar-refractivity contribution < 1.29 is 9.21 Å². The van der Waals surface area contributed by atoms with Gasteiger partial charge in [-0.3, -0.25) is 4.79 Å². The van der Waals surface area contributed by atoms with Crippen LogP contribution in [0.2, 0.25) is 5.02 Å². The van der Waals surface area contributed by atoms with Crippen LogP contribution in [0.15, 0.2) is 33.9 Å². The Labute approximate surface area is 138 Å². The molecule has 1 aromatic heterocycles. The van der Waals surface area contributed by atoms with Gasteiger partial charge in [0.15, 0.2) is 0 Å². The summed E-state index contributed by atoms with van der Waals surface area (Å²) in [7, 11) is 0. The van der Waals surface area contributed by atoms with Crippen molar-refractivity contribution in [3.05, 3.63) is 29.3 Å². The number of hydrogen-bond donors (Lipinski definition) is 1. The molecule has 0 aliphatic carbocycles. The van der Waals surface area contributed by atoms with Gasteiger partial charge in [0.05, 0.1) is 5.75 Å². The molecule has 0 spiro atoms. The van der Waals surface area contributed by atoms with E-state index in [1.165, 1.54) is 11.8 Å². The molecule has 7 heteroatoms. The van der Waals surface area contributed by atoms with Crippen LogP contribution in [-0.4, -0.2) is 27.9 Å². The lowest BCUT2D eigenvalue weighted by atomic mass is 10.1. The highest BCUT2D eigenvalue weighted by Gasteiger charge is 2.14. The van der Waals surface area contributed by atoms with E-state index in [4.69, 9.17) is 16.0 Å². The topological polar surface area (TPSA) is 68.0 Å². The molecule has 0 bridgehead atoms. The average molecular weight is 340 g/mol. The summed E-state index contributed by atoms with van der Waals surface area (Å²) in [6, 6.07) is 7.32. The molecule has 0 aliphatic rings. The van der Waals surface area contributed by atoms with E-state index >= 15 is 0 Å². The van der Waals surface area contributed by atoms with Gasteiger partial charge in [0.2, 0.25) is 11.8 Å². The molecule has 0 saturated carbocycles. The third-order valence-corrected chi connectivity index (χ3v) is 4.25. The van der Waals surface area contributed by atoms with Gasteiger partial charge in [0.1, 0.15) is 0 Å². The van der Waals surface area contributed by atoms with Gasteiger partial charge < -0.3 is 9.73 Å². The number of aromatic nitrogens is 2. The van der Waals surface area contributed by atoms with E-state index in [2.05, 4.69) is 29.4 Å². The number of benzene rings is 1. The molecule has 2 rings (SSSR count). The Balaban J connectivity index is 1.91. The standard InChI is InChI=1S/C15H18ClN3O2S/c1-9(2)10(3)17-13(20)8-22-15-19-18-14(21-15)11-5-4-6-12(16)7-11/h4-7,9-10H,8H2,1-3H3,(H,17,20)/t10-/m1/s1. The fourth-order valence-corrected chi connectivity index (χ4v) is 2.36. The normalized spacial score (nSPS) is 12.4. The quantitative estimate of drug-likeness (QED) is 0.814. The molecule has 1 amide bonds. The van der Waals surface area contributed by atoms with Crippen LogP contribution < -0.4 is 5.32 Å². The number of rotatable bonds is 6. The van der Waals surface area contributed by atoms with Crippen molar-refractivity contribution in [1.29, 1.82) is 0 Å². The Bertz CT molecular complexity index is 645. The summed E-state index contributed by atoms with van der Waals surface area (Å²) < 4.78 is 5.53. The Kier molecular flexibility index (Phi) is 5.85. The molecule has 0 saturated heterocycles. The van der Waals surface area contributed by atoms with Crippen LogP contribution in [0.3, 0.4) is 0 Å². The number of thioether (sulfide) groups is 1. The highest BCUT2D eigenvalue weighted by molar-refractivity contribution is 7.99. The van der Waals surface area contributed by atoms with Crippen molar-refractivity contribution in [1.82, 2.24) is 15.5 Å². The molecule has 5 nitrogen and oxygen atoms in total. The minimum absolute atomic E-state index is 0.0475. The highest BCUT2D eigenvalue weighted by Crippen LogP contribution is 2.24. The fraction of sp³-hybridized carbons (Fsp3) is 0.400. The SMILES string of the molecule is CC(C)[C@@H](C)NC(=O)CSc1nnc(-c2cccc(Cl)c2)o1. The van der Waals surface area contributed by atoms with Crippen LogP contribution in [0.25, 0.3) is 11.5 Å². The van der Waals surface area contributed by atoms with E-state index < -0.39 is 0 Å². The zero-order chi connectivity index (χ0) is 16.1. The van der Waals surface area contributed by atoms with Crippen molar-refractivity contribution in [2.45, 2.75) is 32.0 Å². The lowest BCUT2D eigenvalue weighted by Gasteiger charge is -2.16. The molecule has 0 fully saturated rings. The zero-order valence-corrected chi connectivity index (χ0v) is 14.2. The molecule has 1 N–H and O–H groups in total. The second kappa shape index (κ2) is 7.65. The predicted octanol–water partition coefficient (Wildman–Crippen LogP) is 3.64. The molecule has 0 aliphatic heterocycles. The van der Waals surface area contributed by atoms with Crippen LogP contribution in [0, 0.1) is 5.92 Å². The molecule has 118 valence electrons. The van der Waals surface area contributed by atoms with Crippen molar-refractivity contribution in [2.75, 3.05) is 5.75 Å². The molecular weight excluding hydrogens is 322 g/mol. The predicted molar refractivity (Wildman–Crippen MR) is 87.9 cm³/mol. The number of halogens is 1. The Hall–Kier alpha value is -1.53. The van der Waals surface area contributed by atoms with Gasteiger partial charge in [0.25, 0.3) is 5.22 Å². The summed E-state index contributed by atoms with van der Waals surface area (Å²) in [5, 5.41) is 11.8. The number of carbonyl (C=O) groups excluding carboxylic acids is 1. The van der Waals surface area contributed by atoms with Gasteiger partial charge in [0, 0.05) is 16.6 Å². The summed E-state index contributed by atoms with van der Waals surface area (Å²) in [5.74, 6) is 0.982. The first-order chi connectivity index (χ1) is 10.5. The summed E-state index contributed by atoms with van der Waals surface area (Å²) >= 11 is 7.15. The fourth-order valence-electron chi connectivity index (χ4n) is 1.60. The van der Waals surface area contributed by atoms with Gasteiger partial charge in [-0.1, -0.05) is 43.3 Å². The average Bonchev–Trinajstić information content (AvgIpc) is 2.94. The lowest BCUT2D eigenvalue weighted by Crippen LogP contribution is -2.37. The van der Waals surface area contributed by atoms with Crippen LogP contribution >= 0.6 is 23.4 Å². The maximum Gasteiger partial charge on any atom is 0.277 e. The maximum absolute atomic E-state index is 11.8. The molecule has 0 unspecified atom stereocenters. The summed E-state index contributed by atoms with van der Waals surface area (Å²) in [6.07, 6.45) is 0. The lowest BCUT2D eigenvalue weighted by molar-refractivity contribution is -0.119. The summed E-state index contributed by atoms with van der Waals surface area (Å²) in [6.45, 7) is 6.11. The maximum atomic E-state index is 11.8. The Morgan fingerprint density at radius 3 is 2.82 bits per heavy atom. The molecule has 1 atom stereocenters. The van der Waals surface area contributed by atoms with Gasteiger partial charge in [-0.2, -0.15) is 0 Å². The Morgan fingerprint density at radius 1 is 1.36 bits per heavy atom. The first-order valence-electron chi connectivity index (χ1n) is 6.97. The van der Waals surface area contributed by atoms with E-state index in [0.717, 1.165) is 5.56 Å². The highest BCUT2D eigenvalue weighted by atomic mass is 35.5. The van der Waals surface area contributed by atoms with E-state index in [9.17, 15) is 4.79 Å². The van der Waals surface area contributed by atoms with E-state index in [-0.39, 0.29) is 17.7 Å². The molecule has 2 aromatic rings. The summed E-state index contributed by atoms with van der Waals surface area (Å²) in [4.78, 5) is 11.8. The second-order valence-electron chi connectivity index (χ2n) is 5.27. The van der Waals surface area contributed by atoms with Crippen molar-refractivity contribution in [3.8, 4) is 11.5 Å². The van der Waals surface area contributed by atoms with Gasteiger partial charge in [-0.15, -0.1) is 10.2 Å². The largest absolute Gasteiger partial charge is 0.411 e. The Morgan fingerprint density at radius 2 is 2.14 bits per heavy atom. The first-order valence-corrected chi connectivity index (χ1v) is 8.33. The molecular formula is C15H18ClN3O2S. The number of nitrogens with one attached hydrogen (secondary N) is 1. The van der Waals surface area contributed by atoms with E-state index in [1.807, 2.05) is 19.1 Å². The molecule has 1 aromatic carbocycles. The minimum Gasteiger partial charge on any atom is -0.411 e. The van der Waals surface area contributed by atoms with Crippen molar-refractivity contribution >= 4 is 29.3 Å². The first kappa shape index (κ1) is 16.8. The van der Waals surface area contributed by atoms with Crippen LogP contribution in [0.4, 0.5) is 0 Å². The van der Waals surface area contributed by atoms with E-state index in [0.29, 0.717) is 22.1 Å². The van der Waals surface area contributed by atoms with Gasteiger partial charge >= 0.3 is 0 Å². The van der Waals surface area contributed by atoms with Crippen molar-refractivity contribution in [2.24, 2.45) is 5.92 Å². The van der Waals surface area contributed by atoms with Crippen LogP contribution in [-0.2, 0) is 4.79 Å². The van der Waals surface area contributed by atoms with Gasteiger partial charge in [-0.25, -0.2) is 0 Å². The smallest absolute Gasteiger partial charge is 0.277 e. The number of hydrogen-bond acceptors (Lipinski definition) is 5. The zero-order valence-electron chi connectivity index (χ0n) is 12.7. The van der Waals surface area contributed by atoms with Crippen LogP contribution in [0.5, 0.6) is 0 Å². The third kappa shape index (κ3) is 4.74. The molecule has 22 heavy (non-hydrogen) atoms.